The lowest BCUT2D eigenvalue weighted by atomic mass is 9.71. The van der Waals surface area contributed by atoms with Gasteiger partial charge in [-0.3, -0.25) is 4.90 Å². The topological polar surface area (TPSA) is 70.0 Å². The molecule has 1 fully saturated rings. The van der Waals surface area contributed by atoms with Crippen molar-refractivity contribution in [3.8, 4) is 0 Å². The van der Waals surface area contributed by atoms with Gasteiger partial charge in [0, 0.05) is 6.54 Å². The number of carboxylic acid groups (broad SMARTS) is 1. The third kappa shape index (κ3) is 3.05. The van der Waals surface area contributed by atoms with Crippen LogP contribution in [0.5, 0.6) is 0 Å². The van der Waals surface area contributed by atoms with Crippen molar-refractivity contribution in [3.63, 3.8) is 0 Å². The van der Waals surface area contributed by atoms with E-state index in [1.165, 1.54) is 4.90 Å². The number of hydrogen-bond acceptors (Lipinski definition) is 3. The van der Waals surface area contributed by atoms with Gasteiger partial charge in [-0.1, -0.05) is 41.5 Å². The molecule has 1 aliphatic heterocycles. The molecule has 0 saturated carbocycles. The molecule has 5 nitrogen and oxygen atoms in total. The highest BCUT2D eigenvalue weighted by Crippen LogP contribution is 2.48. The van der Waals surface area contributed by atoms with Crippen LogP contribution in [0.2, 0.25) is 18.1 Å². The average molecular weight is 332 g/mol. The summed E-state index contributed by atoms with van der Waals surface area (Å²) in [4.78, 5) is 13.1. The molecule has 1 aliphatic rings. The monoisotopic (exact) mass is 331 g/mol. The molecule has 0 spiro atoms. The van der Waals surface area contributed by atoms with Crippen molar-refractivity contribution in [3.05, 3.63) is 0 Å². The third-order valence-electron chi connectivity index (χ3n) is 5.64. The van der Waals surface area contributed by atoms with Crippen LogP contribution in [0.15, 0.2) is 0 Å². The van der Waals surface area contributed by atoms with Crippen LogP contribution in [0, 0.1) is 5.41 Å². The van der Waals surface area contributed by atoms with Crippen molar-refractivity contribution in [2.45, 2.75) is 77.7 Å². The summed E-state index contributed by atoms with van der Waals surface area (Å²) in [6, 6.07) is 0. The predicted octanol–water partition coefficient (Wildman–Crippen LogP) is 3.54. The molecule has 0 aromatic heterocycles. The van der Waals surface area contributed by atoms with Crippen molar-refractivity contribution in [1.29, 1.82) is 0 Å². The van der Waals surface area contributed by atoms with Gasteiger partial charge in [-0.2, -0.15) is 0 Å². The molecule has 2 atom stereocenters. The van der Waals surface area contributed by atoms with Gasteiger partial charge in [0.1, 0.15) is 0 Å². The molecule has 0 bridgehead atoms. The van der Waals surface area contributed by atoms with Crippen LogP contribution in [0.1, 0.15) is 48.0 Å². The normalized spacial score (nSPS) is 27.3. The first-order chi connectivity index (χ1) is 9.70. The number of hydrogen-bond donors (Lipinski definition) is 2. The number of rotatable bonds is 3. The molecule has 1 heterocycles. The number of nitrogens with zero attached hydrogens (tertiary/aromatic N) is 1. The summed E-state index contributed by atoms with van der Waals surface area (Å²) in [5.74, 6) is 0. The quantitative estimate of drug-likeness (QED) is 0.776. The highest BCUT2D eigenvalue weighted by molar-refractivity contribution is 6.74. The SMILES string of the molecule is CC(C)(C)[C@@]1(CO)[C@@H](O[Si](C)(C)C(C)(C)C)CCN1C(=O)O. The van der Waals surface area contributed by atoms with Crippen LogP contribution in [-0.4, -0.2) is 54.3 Å². The number of carbonyl (C=O) groups is 1. The Morgan fingerprint density at radius 2 is 1.77 bits per heavy atom. The number of amides is 1. The molecule has 1 saturated heterocycles. The molecular weight excluding hydrogens is 298 g/mol. The number of aliphatic hydroxyl groups excluding tert-OH is 1. The first kappa shape index (κ1) is 19.5. The van der Waals surface area contributed by atoms with E-state index in [4.69, 9.17) is 4.43 Å². The molecule has 22 heavy (non-hydrogen) atoms. The summed E-state index contributed by atoms with van der Waals surface area (Å²) >= 11 is 0. The molecule has 0 aromatic carbocycles. The van der Waals surface area contributed by atoms with Gasteiger partial charge in [0.15, 0.2) is 8.32 Å². The summed E-state index contributed by atoms with van der Waals surface area (Å²) in [5.41, 5.74) is -1.31. The molecule has 1 rings (SSSR count). The van der Waals surface area contributed by atoms with E-state index in [2.05, 4.69) is 33.9 Å². The minimum atomic E-state index is -2.05. The van der Waals surface area contributed by atoms with Gasteiger partial charge in [-0.05, 0) is 30.0 Å². The van der Waals surface area contributed by atoms with Crippen LogP contribution >= 0.6 is 0 Å². The second-order valence-electron chi connectivity index (χ2n) is 8.92. The summed E-state index contributed by atoms with van der Waals surface area (Å²) in [5, 5.41) is 19.8. The zero-order valence-electron chi connectivity index (χ0n) is 15.4. The van der Waals surface area contributed by atoms with Crippen molar-refractivity contribution in [1.82, 2.24) is 4.90 Å². The number of aliphatic hydroxyl groups is 1. The summed E-state index contributed by atoms with van der Waals surface area (Å²) in [7, 11) is -2.05. The van der Waals surface area contributed by atoms with Gasteiger partial charge in [-0.15, -0.1) is 0 Å². The van der Waals surface area contributed by atoms with Crippen molar-refractivity contribution < 1.29 is 19.4 Å². The summed E-state index contributed by atoms with van der Waals surface area (Å²) in [6.45, 7) is 17.0. The van der Waals surface area contributed by atoms with Crippen LogP contribution in [0.25, 0.3) is 0 Å². The van der Waals surface area contributed by atoms with Crippen LogP contribution in [0.3, 0.4) is 0 Å². The van der Waals surface area contributed by atoms with Crippen molar-refractivity contribution in [2.24, 2.45) is 5.41 Å². The van der Waals surface area contributed by atoms with Gasteiger partial charge in [0.25, 0.3) is 0 Å². The van der Waals surface area contributed by atoms with E-state index in [1.54, 1.807) is 0 Å². The Morgan fingerprint density at radius 1 is 1.27 bits per heavy atom. The summed E-state index contributed by atoms with van der Waals surface area (Å²) < 4.78 is 6.55. The van der Waals surface area contributed by atoms with E-state index in [0.717, 1.165) is 0 Å². The maximum Gasteiger partial charge on any atom is 0.407 e. The molecule has 130 valence electrons. The molecule has 2 N–H and O–H groups in total. The van der Waals surface area contributed by atoms with Gasteiger partial charge in [0.2, 0.25) is 0 Å². The molecular formula is C16H33NO4Si. The highest BCUT2D eigenvalue weighted by atomic mass is 28.4. The molecule has 6 heteroatoms. The zero-order chi connectivity index (χ0) is 17.6. The van der Waals surface area contributed by atoms with E-state index in [-0.39, 0.29) is 17.7 Å². The van der Waals surface area contributed by atoms with Gasteiger partial charge >= 0.3 is 6.09 Å². The fraction of sp³-hybridized carbons (Fsp3) is 0.938. The molecule has 0 unspecified atom stereocenters. The standard InChI is InChI=1S/C16H33NO4Si/c1-14(2,3)16(11-18)12(9-10-17(16)13(19)20)21-22(7,8)15(4,5)6/h12,18H,9-11H2,1-8H3,(H,19,20)/t12-,16+/m0/s1. The zero-order valence-corrected chi connectivity index (χ0v) is 16.4. The lowest BCUT2D eigenvalue weighted by molar-refractivity contribution is -0.0676. The van der Waals surface area contributed by atoms with Crippen LogP contribution in [0.4, 0.5) is 4.79 Å². The molecule has 0 aliphatic carbocycles. The maximum absolute atomic E-state index is 11.7. The first-order valence-electron chi connectivity index (χ1n) is 8.00. The Hall–Kier alpha value is -0.593. The Balaban J connectivity index is 3.27. The second-order valence-corrected chi connectivity index (χ2v) is 13.7. The van der Waals surface area contributed by atoms with E-state index in [9.17, 15) is 15.0 Å². The minimum absolute atomic E-state index is 0.0444. The van der Waals surface area contributed by atoms with E-state index in [0.29, 0.717) is 13.0 Å². The van der Waals surface area contributed by atoms with Crippen LogP contribution < -0.4 is 0 Å². The largest absolute Gasteiger partial charge is 0.465 e. The second kappa shape index (κ2) is 5.80. The molecule has 0 aromatic rings. The molecule has 0 radical (unpaired) electrons. The van der Waals surface area contributed by atoms with E-state index >= 15 is 0 Å². The van der Waals surface area contributed by atoms with E-state index in [1.807, 2.05) is 20.8 Å². The van der Waals surface area contributed by atoms with Gasteiger partial charge < -0.3 is 14.6 Å². The van der Waals surface area contributed by atoms with Gasteiger partial charge in [-0.25, -0.2) is 4.79 Å². The van der Waals surface area contributed by atoms with Crippen LogP contribution in [-0.2, 0) is 4.43 Å². The minimum Gasteiger partial charge on any atom is -0.465 e. The Kier molecular flexibility index (Phi) is 5.13. The Morgan fingerprint density at radius 3 is 2.09 bits per heavy atom. The first-order valence-corrected chi connectivity index (χ1v) is 10.9. The predicted molar refractivity (Wildman–Crippen MR) is 90.7 cm³/mol. The summed E-state index contributed by atoms with van der Waals surface area (Å²) in [6.07, 6.45) is -0.615. The number of likely N-dealkylation sites (tertiary alicyclic amines) is 1. The fourth-order valence-electron chi connectivity index (χ4n) is 3.13. The van der Waals surface area contributed by atoms with Crippen molar-refractivity contribution >= 4 is 14.4 Å². The van der Waals surface area contributed by atoms with Crippen molar-refractivity contribution in [2.75, 3.05) is 13.2 Å². The lowest BCUT2D eigenvalue weighted by Gasteiger charge is -2.51. The fourth-order valence-corrected chi connectivity index (χ4v) is 4.50. The maximum atomic E-state index is 11.7. The lowest BCUT2D eigenvalue weighted by Crippen LogP contribution is -2.65. The Bertz CT molecular complexity index is 425. The molecule has 1 amide bonds. The smallest absolute Gasteiger partial charge is 0.407 e. The highest BCUT2D eigenvalue weighted by Gasteiger charge is 2.60. The average Bonchev–Trinajstić information content (AvgIpc) is 2.65. The third-order valence-corrected chi connectivity index (χ3v) is 10.1. The Labute approximate surface area is 135 Å². The van der Waals surface area contributed by atoms with Gasteiger partial charge in [0.05, 0.1) is 18.2 Å². The van der Waals surface area contributed by atoms with E-state index < -0.39 is 25.4 Å².